The van der Waals surface area contributed by atoms with Crippen molar-refractivity contribution in [3.8, 4) is 12.3 Å². The van der Waals surface area contributed by atoms with Gasteiger partial charge < -0.3 is 10.2 Å². The molecule has 0 radical (unpaired) electrons. The summed E-state index contributed by atoms with van der Waals surface area (Å²) in [5.74, 6) is 2.37. The van der Waals surface area contributed by atoms with Crippen molar-refractivity contribution >= 4 is 5.69 Å². The summed E-state index contributed by atoms with van der Waals surface area (Å²) in [5, 5.41) is 3.28. The molecule has 92 valence electrons. The lowest BCUT2D eigenvalue weighted by Crippen LogP contribution is -2.24. The molecule has 1 rings (SSSR count). The van der Waals surface area contributed by atoms with Gasteiger partial charge in [-0.05, 0) is 37.2 Å². The SMILES string of the molecule is C#CCN(C)c1ccc(F)cc1C(C)NCC. The normalized spacial score (nSPS) is 11.9. The zero-order valence-corrected chi connectivity index (χ0v) is 10.6. The Morgan fingerprint density at radius 2 is 2.24 bits per heavy atom. The summed E-state index contributed by atoms with van der Waals surface area (Å²) in [7, 11) is 1.91. The Labute approximate surface area is 103 Å². The molecule has 1 aromatic rings. The summed E-state index contributed by atoms with van der Waals surface area (Å²) in [6.07, 6.45) is 5.30. The molecule has 0 fully saturated rings. The highest BCUT2D eigenvalue weighted by Crippen LogP contribution is 2.26. The quantitative estimate of drug-likeness (QED) is 0.788. The average Bonchev–Trinajstić information content (AvgIpc) is 2.29. The Morgan fingerprint density at radius 3 is 2.82 bits per heavy atom. The van der Waals surface area contributed by atoms with E-state index in [-0.39, 0.29) is 11.9 Å². The molecule has 0 aromatic heterocycles. The first-order valence-corrected chi connectivity index (χ1v) is 5.77. The minimum Gasteiger partial charge on any atom is -0.363 e. The van der Waals surface area contributed by atoms with Gasteiger partial charge in [0.05, 0.1) is 6.54 Å². The number of hydrogen-bond donors (Lipinski definition) is 1. The fourth-order valence-electron chi connectivity index (χ4n) is 1.86. The maximum Gasteiger partial charge on any atom is 0.123 e. The van der Waals surface area contributed by atoms with Gasteiger partial charge in [-0.2, -0.15) is 0 Å². The Kier molecular flexibility index (Phi) is 4.99. The van der Waals surface area contributed by atoms with Crippen LogP contribution in [-0.2, 0) is 0 Å². The van der Waals surface area contributed by atoms with E-state index in [9.17, 15) is 4.39 Å². The van der Waals surface area contributed by atoms with E-state index >= 15 is 0 Å². The van der Waals surface area contributed by atoms with Crippen LogP contribution in [0.3, 0.4) is 0 Å². The molecule has 0 spiro atoms. The largest absolute Gasteiger partial charge is 0.363 e. The molecule has 0 saturated heterocycles. The van der Waals surface area contributed by atoms with Crippen LogP contribution >= 0.6 is 0 Å². The van der Waals surface area contributed by atoms with E-state index < -0.39 is 0 Å². The highest BCUT2D eigenvalue weighted by Gasteiger charge is 2.13. The smallest absolute Gasteiger partial charge is 0.123 e. The summed E-state index contributed by atoms with van der Waals surface area (Å²) in [6, 6.07) is 4.90. The number of halogens is 1. The molecule has 3 heteroatoms. The predicted molar refractivity (Wildman–Crippen MR) is 70.6 cm³/mol. The van der Waals surface area contributed by atoms with Crippen molar-refractivity contribution in [1.82, 2.24) is 5.32 Å². The van der Waals surface area contributed by atoms with Crippen LogP contribution in [-0.4, -0.2) is 20.1 Å². The first-order valence-electron chi connectivity index (χ1n) is 5.77. The number of nitrogens with one attached hydrogen (secondary N) is 1. The third-order valence-corrected chi connectivity index (χ3v) is 2.71. The molecule has 0 amide bonds. The van der Waals surface area contributed by atoms with Crippen molar-refractivity contribution < 1.29 is 4.39 Å². The lowest BCUT2D eigenvalue weighted by Gasteiger charge is -2.24. The van der Waals surface area contributed by atoms with Gasteiger partial charge in [0.25, 0.3) is 0 Å². The average molecular weight is 234 g/mol. The molecule has 1 atom stereocenters. The van der Waals surface area contributed by atoms with Crippen LogP contribution in [0.5, 0.6) is 0 Å². The second-order valence-corrected chi connectivity index (χ2v) is 4.04. The van der Waals surface area contributed by atoms with Crippen LogP contribution in [0.2, 0.25) is 0 Å². The van der Waals surface area contributed by atoms with Crippen molar-refractivity contribution in [1.29, 1.82) is 0 Å². The van der Waals surface area contributed by atoms with Crippen molar-refractivity contribution in [2.24, 2.45) is 0 Å². The molecule has 1 unspecified atom stereocenters. The van der Waals surface area contributed by atoms with Gasteiger partial charge in [0.15, 0.2) is 0 Å². The van der Waals surface area contributed by atoms with Crippen molar-refractivity contribution in [3.63, 3.8) is 0 Å². The number of rotatable bonds is 5. The van der Waals surface area contributed by atoms with Crippen LogP contribution in [0.4, 0.5) is 10.1 Å². The monoisotopic (exact) mass is 234 g/mol. The maximum absolute atomic E-state index is 13.3. The highest BCUT2D eigenvalue weighted by molar-refractivity contribution is 5.55. The summed E-state index contributed by atoms with van der Waals surface area (Å²) >= 11 is 0. The van der Waals surface area contributed by atoms with E-state index in [2.05, 4.69) is 11.2 Å². The van der Waals surface area contributed by atoms with E-state index in [1.54, 1.807) is 12.1 Å². The van der Waals surface area contributed by atoms with Crippen LogP contribution in [0.15, 0.2) is 18.2 Å². The van der Waals surface area contributed by atoms with Crippen molar-refractivity contribution in [3.05, 3.63) is 29.6 Å². The molecule has 0 aliphatic rings. The second kappa shape index (κ2) is 6.27. The van der Waals surface area contributed by atoms with Crippen LogP contribution in [0, 0.1) is 18.2 Å². The standard InChI is InChI=1S/C14H19FN2/c1-5-9-17(4)14-8-7-12(15)10-13(14)11(3)16-6-2/h1,7-8,10-11,16H,6,9H2,2-4H3. The van der Waals surface area contributed by atoms with E-state index in [0.717, 1.165) is 17.8 Å². The Morgan fingerprint density at radius 1 is 1.53 bits per heavy atom. The Balaban J connectivity index is 3.07. The zero-order chi connectivity index (χ0) is 12.8. The Bertz CT molecular complexity index is 409. The second-order valence-electron chi connectivity index (χ2n) is 4.04. The number of anilines is 1. The third-order valence-electron chi connectivity index (χ3n) is 2.71. The van der Waals surface area contributed by atoms with E-state index in [1.165, 1.54) is 6.07 Å². The van der Waals surface area contributed by atoms with Crippen LogP contribution < -0.4 is 10.2 Å². The maximum atomic E-state index is 13.3. The Hall–Kier alpha value is -1.53. The first kappa shape index (κ1) is 13.5. The number of benzene rings is 1. The van der Waals surface area contributed by atoms with Gasteiger partial charge in [-0.3, -0.25) is 0 Å². The van der Waals surface area contributed by atoms with Crippen molar-refractivity contribution in [2.45, 2.75) is 19.9 Å². The van der Waals surface area contributed by atoms with Gasteiger partial charge in [-0.1, -0.05) is 12.8 Å². The number of terminal acetylenes is 1. The first-order chi connectivity index (χ1) is 8.10. The van der Waals surface area contributed by atoms with E-state index in [4.69, 9.17) is 6.42 Å². The molecular weight excluding hydrogens is 215 g/mol. The molecule has 2 nitrogen and oxygen atoms in total. The fourth-order valence-corrected chi connectivity index (χ4v) is 1.86. The van der Waals surface area contributed by atoms with Crippen LogP contribution in [0.25, 0.3) is 0 Å². The predicted octanol–water partition coefficient (Wildman–Crippen LogP) is 2.57. The zero-order valence-electron chi connectivity index (χ0n) is 10.6. The minimum absolute atomic E-state index is 0.103. The molecule has 0 aliphatic carbocycles. The van der Waals surface area contributed by atoms with Gasteiger partial charge in [-0.25, -0.2) is 4.39 Å². The molecular formula is C14H19FN2. The van der Waals surface area contributed by atoms with Crippen LogP contribution in [0.1, 0.15) is 25.5 Å². The van der Waals surface area contributed by atoms with Gasteiger partial charge in [0.1, 0.15) is 5.82 Å². The summed E-state index contributed by atoms with van der Waals surface area (Å²) in [6.45, 7) is 5.40. The van der Waals surface area contributed by atoms with Gasteiger partial charge in [0, 0.05) is 18.8 Å². The molecule has 0 aliphatic heterocycles. The van der Waals surface area contributed by atoms with Gasteiger partial charge in [-0.15, -0.1) is 6.42 Å². The minimum atomic E-state index is -0.220. The summed E-state index contributed by atoms with van der Waals surface area (Å²) in [5.41, 5.74) is 1.91. The lowest BCUT2D eigenvalue weighted by molar-refractivity contribution is 0.582. The van der Waals surface area contributed by atoms with E-state index in [0.29, 0.717) is 6.54 Å². The summed E-state index contributed by atoms with van der Waals surface area (Å²) in [4.78, 5) is 1.95. The highest BCUT2D eigenvalue weighted by atomic mass is 19.1. The van der Waals surface area contributed by atoms with Gasteiger partial charge in [0.2, 0.25) is 0 Å². The molecule has 17 heavy (non-hydrogen) atoms. The lowest BCUT2D eigenvalue weighted by atomic mass is 10.0. The molecule has 0 bridgehead atoms. The van der Waals surface area contributed by atoms with E-state index in [1.807, 2.05) is 25.8 Å². The number of nitrogens with zero attached hydrogens (tertiary/aromatic N) is 1. The molecule has 0 heterocycles. The molecule has 0 saturated carbocycles. The number of hydrogen-bond acceptors (Lipinski definition) is 2. The molecule has 1 aromatic carbocycles. The topological polar surface area (TPSA) is 15.3 Å². The summed E-state index contributed by atoms with van der Waals surface area (Å²) < 4.78 is 13.3. The van der Waals surface area contributed by atoms with Crippen molar-refractivity contribution in [2.75, 3.05) is 25.0 Å². The third kappa shape index (κ3) is 3.47. The molecule has 1 N–H and O–H groups in total. The fraction of sp³-hybridized carbons (Fsp3) is 0.429. The van der Waals surface area contributed by atoms with Gasteiger partial charge >= 0.3 is 0 Å².